The number of nitrogens with zero attached hydrogens (tertiary/aromatic N) is 3. The Morgan fingerprint density at radius 2 is 1.69 bits per heavy atom. The predicted molar refractivity (Wildman–Crippen MR) is 127 cm³/mol. The summed E-state index contributed by atoms with van der Waals surface area (Å²) in [5, 5.41) is 9.57. The molecule has 32 heavy (non-hydrogen) atoms. The normalized spacial score (nSPS) is 11.3. The van der Waals surface area contributed by atoms with Crippen LogP contribution in [0.3, 0.4) is 0 Å². The number of benzene rings is 3. The number of carbonyl (C=O) groups is 1. The van der Waals surface area contributed by atoms with Gasteiger partial charge in [-0.3, -0.25) is 4.79 Å². The number of halogens is 1. The highest BCUT2D eigenvalue weighted by Crippen LogP contribution is 2.24. The Labute approximate surface area is 191 Å². The molecular formula is C25H21ClN4O2. The molecule has 160 valence electrons. The van der Waals surface area contributed by atoms with Crippen molar-refractivity contribution < 1.29 is 9.53 Å². The van der Waals surface area contributed by atoms with Gasteiger partial charge in [0.1, 0.15) is 11.4 Å². The lowest BCUT2D eigenvalue weighted by atomic mass is 10.1. The molecule has 0 aliphatic rings. The first kappa shape index (κ1) is 21.3. The Kier molecular flexibility index (Phi) is 6.33. The van der Waals surface area contributed by atoms with Gasteiger partial charge in [-0.2, -0.15) is 10.2 Å². The van der Waals surface area contributed by atoms with Crippen molar-refractivity contribution in [3.8, 4) is 22.7 Å². The molecule has 6 nitrogen and oxygen atoms in total. The highest BCUT2D eigenvalue weighted by molar-refractivity contribution is 6.30. The van der Waals surface area contributed by atoms with Gasteiger partial charge >= 0.3 is 0 Å². The molecule has 0 spiro atoms. The average Bonchev–Trinajstić information content (AvgIpc) is 3.29. The molecule has 0 fully saturated rings. The maximum atomic E-state index is 13.1. The van der Waals surface area contributed by atoms with Crippen LogP contribution in [0, 0.1) is 0 Å². The van der Waals surface area contributed by atoms with Gasteiger partial charge in [0.15, 0.2) is 0 Å². The van der Waals surface area contributed by atoms with Crippen molar-refractivity contribution in [2.75, 3.05) is 7.11 Å². The lowest BCUT2D eigenvalue weighted by Gasteiger charge is -2.07. The quantitative estimate of drug-likeness (QED) is 0.321. The van der Waals surface area contributed by atoms with E-state index in [9.17, 15) is 4.79 Å². The second-order valence-electron chi connectivity index (χ2n) is 7.04. The lowest BCUT2D eigenvalue weighted by Crippen LogP contribution is -2.22. The van der Waals surface area contributed by atoms with Crippen molar-refractivity contribution in [3.05, 3.63) is 101 Å². The van der Waals surface area contributed by atoms with Crippen molar-refractivity contribution in [2.24, 2.45) is 5.10 Å². The van der Waals surface area contributed by atoms with Crippen LogP contribution in [0.4, 0.5) is 0 Å². The zero-order chi connectivity index (χ0) is 22.5. The molecule has 7 heteroatoms. The van der Waals surface area contributed by atoms with Gasteiger partial charge in [0, 0.05) is 10.6 Å². The summed E-state index contributed by atoms with van der Waals surface area (Å²) in [5.74, 6) is 0.385. The maximum absolute atomic E-state index is 13.1. The van der Waals surface area contributed by atoms with Crippen LogP contribution >= 0.6 is 11.6 Å². The van der Waals surface area contributed by atoms with Crippen LogP contribution in [-0.2, 0) is 0 Å². The van der Waals surface area contributed by atoms with Gasteiger partial charge < -0.3 is 4.74 Å². The van der Waals surface area contributed by atoms with Crippen molar-refractivity contribution in [1.82, 2.24) is 15.2 Å². The summed E-state index contributed by atoms with van der Waals surface area (Å²) in [4.78, 5) is 13.1. The van der Waals surface area contributed by atoms with Gasteiger partial charge in [0.25, 0.3) is 5.91 Å². The van der Waals surface area contributed by atoms with Crippen LogP contribution in [0.15, 0.2) is 90.0 Å². The van der Waals surface area contributed by atoms with E-state index in [1.807, 2.05) is 73.7 Å². The number of nitrogens with one attached hydrogen (secondary N) is 1. The summed E-state index contributed by atoms with van der Waals surface area (Å²) in [6.07, 6.45) is 0. The zero-order valence-corrected chi connectivity index (χ0v) is 18.4. The minimum atomic E-state index is -0.366. The largest absolute Gasteiger partial charge is 0.497 e. The van der Waals surface area contributed by atoms with Crippen LogP contribution < -0.4 is 10.2 Å². The molecule has 1 heterocycles. The number of hydrogen-bond acceptors (Lipinski definition) is 4. The third kappa shape index (κ3) is 4.71. The Morgan fingerprint density at radius 1 is 1.00 bits per heavy atom. The van der Waals surface area contributed by atoms with E-state index in [-0.39, 0.29) is 5.91 Å². The molecule has 0 aliphatic carbocycles. The van der Waals surface area contributed by atoms with Crippen molar-refractivity contribution >= 4 is 23.2 Å². The first-order valence-electron chi connectivity index (χ1n) is 9.95. The van der Waals surface area contributed by atoms with Crippen LogP contribution in [0.1, 0.15) is 23.0 Å². The van der Waals surface area contributed by atoms with E-state index in [0.717, 1.165) is 22.6 Å². The Morgan fingerprint density at radius 3 is 2.34 bits per heavy atom. The van der Waals surface area contributed by atoms with E-state index in [1.165, 1.54) is 0 Å². The van der Waals surface area contributed by atoms with Crippen LogP contribution in [0.2, 0.25) is 5.02 Å². The summed E-state index contributed by atoms with van der Waals surface area (Å²) in [7, 11) is 1.62. The SMILES string of the molecule is COc1ccc(-c2cc(C(=O)N/N=C(/C)c3ccc(Cl)cc3)n(-c3ccccc3)n2)cc1. The van der Waals surface area contributed by atoms with E-state index in [2.05, 4.69) is 15.6 Å². The van der Waals surface area contributed by atoms with E-state index < -0.39 is 0 Å². The molecule has 0 unspecified atom stereocenters. The van der Waals surface area contributed by atoms with Crippen LogP contribution in [0.5, 0.6) is 5.75 Å². The number of hydrazone groups is 1. The first-order chi connectivity index (χ1) is 15.5. The number of rotatable bonds is 6. The van der Waals surface area contributed by atoms with E-state index in [0.29, 0.717) is 22.1 Å². The number of ether oxygens (including phenoxy) is 1. The Balaban J connectivity index is 1.66. The topological polar surface area (TPSA) is 68.5 Å². The van der Waals surface area contributed by atoms with Gasteiger partial charge in [-0.25, -0.2) is 10.1 Å². The van der Waals surface area contributed by atoms with Gasteiger partial charge in [-0.05, 0) is 67.1 Å². The van der Waals surface area contributed by atoms with E-state index >= 15 is 0 Å². The minimum absolute atomic E-state index is 0.366. The molecule has 0 saturated heterocycles. The molecular weight excluding hydrogens is 424 g/mol. The second kappa shape index (κ2) is 9.49. The summed E-state index contributed by atoms with van der Waals surface area (Å²) in [5.41, 5.74) is 6.85. The molecule has 1 N–H and O–H groups in total. The molecule has 0 bridgehead atoms. The van der Waals surface area contributed by atoms with Crippen molar-refractivity contribution in [2.45, 2.75) is 6.92 Å². The maximum Gasteiger partial charge on any atom is 0.290 e. The van der Waals surface area contributed by atoms with Crippen LogP contribution in [0.25, 0.3) is 16.9 Å². The number of hydrogen-bond donors (Lipinski definition) is 1. The van der Waals surface area contributed by atoms with Crippen molar-refractivity contribution in [1.29, 1.82) is 0 Å². The second-order valence-corrected chi connectivity index (χ2v) is 7.47. The number of carbonyl (C=O) groups excluding carboxylic acids is 1. The summed E-state index contributed by atoms with van der Waals surface area (Å²) >= 11 is 5.94. The first-order valence-corrected chi connectivity index (χ1v) is 10.3. The summed E-state index contributed by atoms with van der Waals surface area (Å²) < 4.78 is 6.84. The smallest absolute Gasteiger partial charge is 0.290 e. The van der Waals surface area contributed by atoms with Gasteiger partial charge in [-0.15, -0.1) is 0 Å². The predicted octanol–water partition coefficient (Wildman–Crippen LogP) is 5.36. The van der Waals surface area contributed by atoms with Crippen LogP contribution in [-0.4, -0.2) is 28.5 Å². The molecule has 4 aromatic rings. The monoisotopic (exact) mass is 444 g/mol. The minimum Gasteiger partial charge on any atom is -0.497 e. The average molecular weight is 445 g/mol. The molecule has 0 radical (unpaired) electrons. The fraction of sp³-hybridized carbons (Fsp3) is 0.0800. The Bertz CT molecular complexity index is 1250. The summed E-state index contributed by atoms with van der Waals surface area (Å²) in [6.45, 7) is 1.82. The van der Waals surface area contributed by atoms with Crippen molar-refractivity contribution in [3.63, 3.8) is 0 Å². The molecule has 0 saturated carbocycles. The molecule has 0 aliphatic heterocycles. The third-order valence-electron chi connectivity index (χ3n) is 4.92. The molecule has 1 aromatic heterocycles. The molecule has 4 rings (SSSR count). The molecule has 0 atom stereocenters. The number of amides is 1. The summed E-state index contributed by atoms with van der Waals surface area (Å²) in [6, 6.07) is 26.0. The van der Waals surface area contributed by atoms with E-state index in [4.69, 9.17) is 16.3 Å². The number of aromatic nitrogens is 2. The molecule has 1 amide bonds. The zero-order valence-electron chi connectivity index (χ0n) is 17.6. The van der Waals surface area contributed by atoms with Gasteiger partial charge in [-0.1, -0.05) is 41.9 Å². The van der Waals surface area contributed by atoms with Gasteiger partial charge in [0.2, 0.25) is 0 Å². The fourth-order valence-corrected chi connectivity index (χ4v) is 3.29. The third-order valence-corrected chi connectivity index (χ3v) is 5.17. The molecule has 3 aromatic carbocycles. The number of methoxy groups -OCH3 is 1. The highest BCUT2D eigenvalue weighted by atomic mass is 35.5. The van der Waals surface area contributed by atoms with E-state index in [1.54, 1.807) is 30.0 Å². The number of para-hydroxylation sites is 1. The van der Waals surface area contributed by atoms with Gasteiger partial charge in [0.05, 0.1) is 24.2 Å². The standard InChI is InChI=1S/C25H21ClN4O2/c1-17(18-8-12-20(26)13-9-18)27-28-25(31)24-16-23(19-10-14-22(32-2)15-11-19)29-30(24)21-6-4-3-5-7-21/h3-16H,1-2H3,(H,28,31)/b27-17-. The Hall–Kier alpha value is -3.90. The fourth-order valence-electron chi connectivity index (χ4n) is 3.16. The highest BCUT2D eigenvalue weighted by Gasteiger charge is 2.17. The lowest BCUT2D eigenvalue weighted by molar-refractivity contribution is 0.0947.